The van der Waals surface area contributed by atoms with Crippen molar-refractivity contribution in [3.8, 4) is 0 Å². The molecule has 2 aromatic rings. The Morgan fingerprint density at radius 1 is 1.06 bits per heavy atom. The Morgan fingerprint density at radius 2 is 1.91 bits per heavy atom. The second kappa shape index (κ2) is 8.48. The summed E-state index contributed by atoms with van der Waals surface area (Å²) >= 11 is 0. The molecular formula is C25H28N4O3. The molecule has 1 saturated heterocycles. The summed E-state index contributed by atoms with van der Waals surface area (Å²) in [4.78, 5) is 40.6. The van der Waals surface area contributed by atoms with Gasteiger partial charge in [0.1, 0.15) is 6.04 Å². The van der Waals surface area contributed by atoms with Crippen LogP contribution in [0.5, 0.6) is 0 Å². The standard InChI is InChI=1S/C25H28N4O3/c1-28(22-13-26-11-10-17-4-2-3-5-19(17)22)14-16-6-7-20-18(12-16)15-29(25(20)32)21-8-9-23(30)27-24(21)31/h2-7,12,21-22,26H,8-11,13-15H2,1H3,(H,27,30,31). The lowest BCUT2D eigenvalue weighted by atomic mass is 9.98. The fourth-order valence-corrected chi connectivity index (χ4v) is 5.18. The zero-order chi connectivity index (χ0) is 22.2. The van der Waals surface area contributed by atoms with Gasteiger partial charge in [-0.1, -0.05) is 36.4 Å². The van der Waals surface area contributed by atoms with Crippen molar-refractivity contribution < 1.29 is 14.4 Å². The second-order valence-corrected chi connectivity index (χ2v) is 8.98. The van der Waals surface area contributed by atoms with Crippen LogP contribution >= 0.6 is 0 Å². The summed E-state index contributed by atoms with van der Waals surface area (Å²) in [5, 5.41) is 5.91. The number of fused-ring (bicyclic) bond motifs is 2. The zero-order valence-corrected chi connectivity index (χ0v) is 18.3. The Hall–Kier alpha value is -3.03. The van der Waals surface area contributed by atoms with Crippen molar-refractivity contribution >= 4 is 17.7 Å². The average molecular weight is 433 g/mol. The predicted octanol–water partition coefficient (Wildman–Crippen LogP) is 1.77. The van der Waals surface area contributed by atoms with Crippen LogP contribution in [0.3, 0.4) is 0 Å². The van der Waals surface area contributed by atoms with Gasteiger partial charge in [-0.2, -0.15) is 0 Å². The van der Waals surface area contributed by atoms with Gasteiger partial charge in [-0.05, 0) is 54.8 Å². The zero-order valence-electron chi connectivity index (χ0n) is 18.3. The van der Waals surface area contributed by atoms with Crippen LogP contribution in [0.15, 0.2) is 42.5 Å². The first kappa shape index (κ1) is 20.8. The summed E-state index contributed by atoms with van der Waals surface area (Å²) in [5.41, 5.74) is 5.52. The molecule has 7 nitrogen and oxygen atoms in total. The number of nitrogens with one attached hydrogen (secondary N) is 2. The number of carbonyl (C=O) groups excluding carboxylic acids is 3. The number of benzene rings is 2. The lowest BCUT2D eigenvalue weighted by Crippen LogP contribution is -2.52. The molecular weight excluding hydrogens is 404 g/mol. The smallest absolute Gasteiger partial charge is 0.255 e. The Kier molecular flexibility index (Phi) is 5.53. The molecule has 2 N–H and O–H groups in total. The van der Waals surface area contributed by atoms with Crippen molar-refractivity contribution in [2.45, 2.75) is 44.4 Å². The van der Waals surface area contributed by atoms with Crippen LogP contribution < -0.4 is 10.6 Å². The maximum atomic E-state index is 12.9. The molecule has 0 bridgehead atoms. The van der Waals surface area contributed by atoms with Crippen LogP contribution in [0, 0.1) is 0 Å². The van der Waals surface area contributed by atoms with Gasteiger partial charge in [0, 0.05) is 37.7 Å². The van der Waals surface area contributed by atoms with E-state index in [2.05, 4.69) is 52.9 Å². The number of likely N-dealkylation sites (N-methyl/N-ethyl adjacent to an activating group) is 1. The van der Waals surface area contributed by atoms with E-state index in [1.54, 1.807) is 4.90 Å². The van der Waals surface area contributed by atoms with Gasteiger partial charge >= 0.3 is 0 Å². The lowest BCUT2D eigenvalue weighted by molar-refractivity contribution is -0.136. The van der Waals surface area contributed by atoms with E-state index in [4.69, 9.17) is 0 Å². The van der Waals surface area contributed by atoms with Gasteiger partial charge < -0.3 is 10.2 Å². The number of hydrogen-bond acceptors (Lipinski definition) is 5. The summed E-state index contributed by atoms with van der Waals surface area (Å²) in [6.07, 6.45) is 1.69. The van der Waals surface area contributed by atoms with Crippen molar-refractivity contribution in [3.63, 3.8) is 0 Å². The molecule has 166 valence electrons. The third-order valence-corrected chi connectivity index (χ3v) is 6.87. The van der Waals surface area contributed by atoms with Crippen LogP contribution in [0.2, 0.25) is 0 Å². The molecule has 3 heterocycles. The van der Waals surface area contributed by atoms with Gasteiger partial charge in [-0.3, -0.25) is 24.6 Å². The minimum absolute atomic E-state index is 0.128. The van der Waals surface area contributed by atoms with Gasteiger partial charge in [0.15, 0.2) is 0 Å². The van der Waals surface area contributed by atoms with Crippen LogP contribution in [0.1, 0.15) is 51.5 Å². The quantitative estimate of drug-likeness (QED) is 0.720. The Morgan fingerprint density at radius 3 is 2.75 bits per heavy atom. The van der Waals surface area contributed by atoms with Crippen molar-refractivity contribution in [1.82, 2.24) is 20.4 Å². The summed E-state index contributed by atoms with van der Waals surface area (Å²) in [6, 6.07) is 14.3. The lowest BCUT2D eigenvalue weighted by Gasteiger charge is -2.29. The third kappa shape index (κ3) is 3.82. The fraction of sp³-hybridized carbons (Fsp3) is 0.400. The first-order valence-corrected chi connectivity index (χ1v) is 11.3. The van der Waals surface area contributed by atoms with E-state index in [1.807, 2.05) is 12.1 Å². The third-order valence-electron chi connectivity index (χ3n) is 6.87. The number of nitrogens with zero attached hydrogens (tertiary/aromatic N) is 2. The maximum Gasteiger partial charge on any atom is 0.255 e. The van der Waals surface area contributed by atoms with Crippen LogP contribution in [0.25, 0.3) is 0 Å². The van der Waals surface area contributed by atoms with Gasteiger partial charge in [0.05, 0.1) is 0 Å². The summed E-state index contributed by atoms with van der Waals surface area (Å²) < 4.78 is 0. The molecule has 7 heteroatoms. The minimum atomic E-state index is -0.577. The highest BCUT2D eigenvalue weighted by Crippen LogP contribution is 2.30. The van der Waals surface area contributed by atoms with E-state index < -0.39 is 6.04 Å². The van der Waals surface area contributed by atoms with Crippen molar-refractivity contribution in [2.75, 3.05) is 20.1 Å². The topological polar surface area (TPSA) is 81.8 Å². The van der Waals surface area contributed by atoms with E-state index in [0.29, 0.717) is 18.5 Å². The number of amides is 3. The minimum Gasteiger partial charge on any atom is -0.322 e. The first-order chi connectivity index (χ1) is 15.5. The number of hydrogen-bond donors (Lipinski definition) is 2. The number of rotatable bonds is 4. The second-order valence-electron chi connectivity index (χ2n) is 8.98. The molecule has 5 rings (SSSR count). The first-order valence-electron chi connectivity index (χ1n) is 11.3. The molecule has 0 saturated carbocycles. The van der Waals surface area contributed by atoms with E-state index in [-0.39, 0.29) is 30.2 Å². The molecule has 0 radical (unpaired) electrons. The van der Waals surface area contributed by atoms with Gasteiger partial charge in [-0.15, -0.1) is 0 Å². The van der Waals surface area contributed by atoms with E-state index in [9.17, 15) is 14.4 Å². The van der Waals surface area contributed by atoms with Gasteiger partial charge in [-0.25, -0.2) is 0 Å². The summed E-state index contributed by atoms with van der Waals surface area (Å²) in [5.74, 6) is -0.770. The van der Waals surface area contributed by atoms with Crippen molar-refractivity contribution in [2.24, 2.45) is 0 Å². The van der Waals surface area contributed by atoms with E-state index >= 15 is 0 Å². The molecule has 2 atom stereocenters. The van der Waals surface area contributed by atoms with Crippen LogP contribution in [-0.4, -0.2) is 53.7 Å². The largest absolute Gasteiger partial charge is 0.322 e. The van der Waals surface area contributed by atoms with Crippen LogP contribution in [-0.2, 0) is 29.1 Å². The summed E-state index contributed by atoms with van der Waals surface area (Å²) in [7, 11) is 2.14. The molecule has 1 fully saturated rings. The molecule has 32 heavy (non-hydrogen) atoms. The van der Waals surface area contributed by atoms with Gasteiger partial charge in [0.2, 0.25) is 11.8 Å². The van der Waals surface area contributed by atoms with Crippen LogP contribution in [0.4, 0.5) is 0 Å². The number of imide groups is 1. The Balaban J connectivity index is 1.32. The Bertz CT molecular complexity index is 1080. The molecule has 0 aromatic heterocycles. The molecule has 3 amide bonds. The van der Waals surface area contributed by atoms with Gasteiger partial charge in [0.25, 0.3) is 5.91 Å². The van der Waals surface area contributed by atoms with E-state index in [1.165, 1.54) is 11.1 Å². The van der Waals surface area contributed by atoms with E-state index in [0.717, 1.165) is 37.2 Å². The fourth-order valence-electron chi connectivity index (χ4n) is 5.18. The van der Waals surface area contributed by atoms with Crippen molar-refractivity contribution in [1.29, 1.82) is 0 Å². The molecule has 2 unspecified atom stereocenters. The predicted molar refractivity (Wildman–Crippen MR) is 120 cm³/mol. The molecule has 3 aliphatic heterocycles. The maximum absolute atomic E-state index is 12.9. The molecule has 2 aromatic carbocycles. The number of piperidine rings is 1. The summed E-state index contributed by atoms with van der Waals surface area (Å²) in [6.45, 7) is 3.06. The molecule has 0 aliphatic carbocycles. The highest BCUT2D eigenvalue weighted by atomic mass is 16.2. The SMILES string of the molecule is CN(Cc1ccc2c(c1)CN(C1CCC(=O)NC1=O)C2=O)C1CNCCc2ccccc21. The monoisotopic (exact) mass is 432 g/mol. The highest BCUT2D eigenvalue weighted by Gasteiger charge is 2.39. The number of carbonyl (C=O) groups is 3. The Labute approximate surface area is 187 Å². The highest BCUT2D eigenvalue weighted by molar-refractivity contribution is 6.05. The average Bonchev–Trinajstić information content (AvgIpc) is 2.95. The van der Waals surface area contributed by atoms with Crippen molar-refractivity contribution in [3.05, 3.63) is 70.3 Å². The molecule has 0 spiro atoms. The molecule has 3 aliphatic rings. The normalized spacial score (nSPS) is 23.1.